The minimum Gasteiger partial charge on any atom is -0.487 e. The van der Waals surface area contributed by atoms with Gasteiger partial charge >= 0.3 is 0 Å². The van der Waals surface area contributed by atoms with E-state index in [4.69, 9.17) is 9.47 Å². The molecule has 0 spiro atoms. The Labute approximate surface area is 154 Å². The molecule has 0 fully saturated rings. The van der Waals surface area contributed by atoms with Gasteiger partial charge in [-0.25, -0.2) is 9.37 Å². The van der Waals surface area contributed by atoms with Crippen LogP contribution in [0.25, 0.3) is 11.0 Å². The number of fused-ring (bicyclic) bond motifs is 1. The SMILES string of the molecule is COCCCn1c(C)nc2cc(Br)cc(OCc3ccc(F)cc3)c21. The highest BCUT2D eigenvalue weighted by Gasteiger charge is 2.14. The van der Waals surface area contributed by atoms with Crippen molar-refractivity contribution in [3.63, 3.8) is 0 Å². The average Bonchev–Trinajstić information content (AvgIpc) is 2.89. The van der Waals surface area contributed by atoms with E-state index < -0.39 is 0 Å². The van der Waals surface area contributed by atoms with Gasteiger partial charge < -0.3 is 14.0 Å². The summed E-state index contributed by atoms with van der Waals surface area (Å²) in [5.41, 5.74) is 2.77. The standard InChI is InChI=1S/C19H20BrFN2O2/c1-13-22-17-10-15(20)11-18(19(17)23(13)8-3-9-24-2)25-12-14-4-6-16(21)7-5-14/h4-7,10-11H,3,8-9,12H2,1-2H3. The first-order chi connectivity index (χ1) is 12.1. The van der Waals surface area contributed by atoms with Crippen LogP contribution in [0, 0.1) is 12.7 Å². The van der Waals surface area contributed by atoms with Crippen molar-refractivity contribution in [2.75, 3.05) is 13.7 Å². The largest absolute Gasteiger partial charge is 0.487 e. The number of nitrogens with zero attached hydrogens (tertiary/aromatic N) is 2. The zero-order valence-electron chi connectivity index (χ0n) is 14.3. The van der Waals surface area contributed by atoms with Gasteiger partial charge in [-0.05, 0) is 43.2 Å². The molecule has 0 bridgehead atoms. The molecule has 0 radical (unpaired) electrons. The molecule has 0 aliphatic carbocycles. The molecule has 0 amide bonds. The zero-order chi connectivity index (χ0) is 17.8. The fourth-order valence-corrected chi connectivity index (χ4v) is 3.23. The third-order valence-electron chi connectivity index (χ3n) is 4.00. The fraction of sp³-hybridized carbons (Fsp3) is 0.316. The Morgan fingerprint density at radius 2 is 1.96 bits per heavy atom. The minimum absolute atomic E-state index is 0.250. The summed E-state index contributed by atoms with van der Waals surface area (Å²) < 4.78 is 27.3. The number of aryl methyl sites for hydroxylation is 2. The highest BCUT2D eigenvalue weighted by molar-refractivity contribution is 9.10. The van der Waals surface area contributed by atoms with E-state index in [1.807, 2.05) is 19.1 Å². The summed E-state index contributed by atoms with van der Waals surface area (Å²) in [4.78, 5) is 4.64. The molecule has 0 saturated carbocycles. The van der Waals surface area contributed by atoms with Crippen LogP contribution in [0.15, 0.2) is 40.9 Å². The summed E-state index contributed by atoms with van der Waals surface area (Å²) >= 11 is 3.52. The molecule has 2 aromatic carbocycles. The third kappa shape index (κ3) is 4.19. The Bertz CT molecular complexity index is 862. The van der Waals surface area contributed by atoms with Crippen LogP contribution in [0.4, 0.5) is 4.39 Å². The number of imidazole rings is 1. The monoisotopic (exact) mass is 406 g/mol. The Hall–Kier alpha value is -1.92. The first-order valence-corrected chi connectivity index (χ1v) is 8.90. The van der Waals surface area contributed by atoms with Crippen LogP contribution in [0.3, 0.4) is 0 Å². The topological polar surface area (TPSA) is 36.3 Å². The lowest BCUT2D eigenvalue weighted by molar-refractivity contribution is 0.190. The van der Waals surface area contributed by atoms with Crippen molar-refractivity contribution in [2.24, 2.45) is 0 Å². The van der Waals surface area contributed by atoms with E-state index in [2.05, 4.69) is 25.5 Å². The van der Waals surface area contributed by atoms with Gasteiger partial charge in [-0.1, -0.05) is 28.1 Å². The first-order valence-electron chi connectivity index (χ1n) is 8.11. The van der Waals surface area contributed by atoms with Crippen LogP contribution in [0.5, 0.6) is 5.75 Å². The van der Waals surface area contributed by atoms with Crippen molar-refractivity contribution >= 4 is 27.0 Å². The van der Waals surface area contributed by atoms with E-state index >= 15 is 0 Å². The number of halogens is 2. The molecular weight excluding hydrogens is 387 g/mol. The van der Waals surface area contributed by atoms with Crippen molar-refractivity contribution in [3.8, 4) is 5.75 Å². The maximum atomic E-state index is 13.0. The lowest BCUT2D eigenvalue weighted by Gasteiger charge is -2.12. The number of benzene rings is 2. The summed E-state index contributed by atoms with van der Waals surface area (Å²) in [6.45, 7) is 3.87. The maximum absolute atomic E-state index is 13.0. The Morgan fingerprint density at radius 3 is 2.68 bits per heavy atom. The second-order valence-corrected chi connectivity index (χ2v) is 6.76. The van der Waals surface area contributed by atoms with Crippen molar-refractivity contribution < 1.29 is 13.9 Å². The Balaban J connectivity index is 1.90. The predicted molar refractivity (Wildman–Crippen MR) is 99.4 cm³/mol. The van der Waals surface area contributed by atoms with Crippen LogP contribution in [-0.2, 0) is 17.9 Å². The number of hydrogen-bond acceptors (Lipinski definition) is 3. The second kappa shape index (κ2) is 7.97. The summed E-state index contributed by atoms with van der Waals surface area (Å²) in [5, 5.41) is 0. The molecule has 132 valence electrons. The highest BCUT2D eigenvalue weighted by atomic mass is 79.9. The van der Waals surface area contributed by atoms with Crippen molar-refractivity contribution in [2.45, 2.75) is 26.5 Å². The van der Waals surface area contributed by atoms with Crippen LogP contribution in [0.1, 0.15) is 17.8 Å². The Kier molecular flexibility index (Phi) is 5.71. The normalized spacial score (nSPS) is 11.2. The molecule has 3 aromatic rings. The van der Waals surface area contributed by atoms with Gasteiger partial charge in [-0.3, -0.25) is 0 Å². The molecule has 6 heteroatoms. The van der Waals surface area contributed by atoms with E-state index in [0.29, 0.717) is 13.2 Å². The van der Waals surface area contributed by atoms with Gasteiger partial charge in [0, 0.05) is 24.7 Å². The van der Waals surface area contributed by atoms with Gasteiger partial charge in [0.15, 0.2) is 0 Å². The lowest BCUT2D eigenvalue weighted by Crippen LogP contribution is -2.05. The lowest BCUT2D eigenvalue weighted by atomic mass is 10.2. The number of methoxy groups -OCH3 is 1. The van der Waals surface area contributed by atoms with Crippen LogP contribution < -0.4 is 4.74 Å². The molecule has 0 saturated heterocycles. The molecule has 0 atom stereocenters. The number of rotatable bonds is 7. The van der Waals surface area contributed by atoms with Crippen molar-refractivity contribution in [1.82, 2.24) is 9.55 Å². The van der Waals surface area contributed by atoms with Gasteiger partial charge in [-0.2, -0.15) is 0 Å². The van der Waals surface area contributed by atoms with Crippen molar-refractivity contribution in [1.29, 1.82) is 0 Å². The van der Waals surface area contributed by atoms with E-state index in [1.165, 1.54) is 12.1 Å². The molecular formula is C19H20BrFN2O2. The fourth-order valence-electron chi connectivity index (χ4n) is 2.81. The molecule has 4 nitrogen and oxygen atoms in total. The number of ether oxygens (including phenoxy) is 2. The van der Waals surface area contributed by atoms with Crippen LogP contribution in [0.2, 0.25) is 0 Å². The summed E-state index contributed by atoms with van der Waals surface area (Å²) in [6, 6.07) is 10.3. The predicted octanol–water partition coefficient (Wildman–Crippen LogP) is 4.86. The zero-order valence-corrected chi connectivity index (χ0v) is 15.8. The smallest absolute Gasteiger partial charge is 0.146 e. The molecule has 0 unspecified atom stereocenters. The summed E-state index contributed by atoms with van der Waals surface area (Å²) in [6.07, 6.45) is 0.899. The molecule has 0 aliphatic heterocycles. The van der Waals surface area contributed by atoms with Crippen LogP contribution in [-0.4, -0.2) is 23.3 Å². The highest BCUT2D eigenvalue weighted by Crippen LogP contribution is 2.31. The summed E-state index contributed by atoms with van der Waals surface area (Å²) in [5.74, 6) is 1.45. The van der Waals surface area contributed by atoms with Crippen LogP contribution >= 0.6 is 15.9 Å². The Morgan fingerprint density at radius 1 is 1.20 bits per heavy atom. The van der Waals surface area contributed by atoms with E-state index in [9.17, 15) is 4.39 Å². The summed E-state index contributed by atoms with van der Waals surface area (Å²) in [7, 11) is 1.70. The molecule has 3 rings (SSSR count). The molecule has 0 aliphatic rings. The molecule has 25 heavy (non-hydrogen) atoms. The van der Waals surface area contributed by atoms with Gasteiger partial charge in [0.25, 0.3) is 0 Å². The van der Waals surface area contributed by atoms with E-state index in [1.54, 1.807) is 19.2 Å². The van der Waals surface area contributed by atoms with E-state index in [-0.39, 0.29) is 5.82 Å². The quantitative estimate of drug-likeness (QED) is 0.525. The van der Waals surface area contributed by atoms with Gasteiger partial charge in [0.1, 0.15) is 29.5 Å². The maximum Gasteiger partial charge on any atom is 0.146 e. The molecule has 1 heterocycles. The van der Waals surface area contributed by atoms with E-state index in [0.717, 1.165) is 45.6 Å². The van der Waals surface area contributed by atoms with Gasteiger partial charge in [0.05, 0.1) is 5.52 Å². The second-order valence-electron chi connectivity index (χ2n) is 5.84. The number of hydrogen-bond donors (Lipinski definition) is 0. The average molecular weight is 407 g/mol. The molecule has 1 aromatic heterocycles. The molecule has 0 N–H and O–H groups in total. The minimum atomic E-state index is -0.250. The van der Waals surface area contributed by atoms with Gasteiger partial charge in [0.2, 0.25) is 0 Å². The van der Waals surface area contributed by atoms with Gasteiger partial charge in [-0.15, -0.1) is 0 Å². The third-order valence-corrected chi connectivity index (χ3v) is 4.46. The first kappa shape index (κ1) is 17.9. The van der Waals surface area contributed by atoms with Crippen molar-refractivity contribution in [3.05, 3.63) is 58.1 Å². The number of aromatic nitrogens is 2.